The Morgan fingerprint density at radius 2 is 1.76 bits per heavy atom. The van der Waals surface area contributed by atoms with Crippen molar-refractivity contribution in [2.75, 3.05) is 46.4 Å². The highest BCUT2D eigenvalue weighted by molar-refractivity contribution is 5.79. The first kappa shape index (κ1) is 17.7. The van der Waals surface area contributed by atoms with Crippen LogP contribution in [-0.4, -0.2) is 72.9 Å². The van der Waals surface area contributed by atoms with Crippen LogP contribution in [0.15, 0.2) is 24.3 Å². The van der Waals surface area contributed by atoms with Gasteiger partial charge in [0, 0.05) is 39.6 Å². The Morgan fingerprint density at radius 1 is 1.08 bits per heavy atom. The monoisotopic (exact) mass is 345 g/mol. The third-order valence-corrected chi connectivity index (χ3v) is 5.25. The molecule has 2 heterocycles. The van der Waals surface area contributed by atoms with Gasteiger partial charge in [0.15, 0.2) is 0 Å². The van der Waals surface area contributed by atoms with Crippen molar-refractivity contribution in [3.05, 3.63) is 29.8 Å². The average Bonchev–Trinajstić information content (AvgIpc) is 3.12. The van der Waals surface area contributed by atoms with Crippen molar-refractivity contribution in [2.45, 2.75) is 25.8 Å². The SMILES string of the molecule is COc1ccc([C@H]2CCCN2C(=O)CN2CCN(C(C)=O)CC2)cc1. The summed E-state index contributed by atoms with van der Waals surface area (Å²) in [6.45, 7) is 5.83. The molecule has 0 saturated carbocycles. The molecule has 0 aliphatic carbocycles. The van der Waals surface area contributed by atoms with Gasteiger partial charge in [-0.3, -0.25) is 14.5 Å². The topological polar surface area (TPSA) is 53.1 Å². The molecule has 2 aliphatic heterocycles. The molecule has 0 aromatic heterocycles. The zero-order valence-electron chi connectivity index (χ0n) is 15.1. The summed E-state index contributed by atoms with van der Waals surface area (Å²) in [6, 6.07) is 8.19. The van der Waals surface area contributed by atoms with E-state index in [1.807, 2.05) is 21.9 Å². The molecule has 2 saturated heterocycles. The number of nitrogens with zero attached hydrogens (tertiary/aromatic N) is 3. The number of benzene rings is 1. The van der Waals surface area contributed by atoms with E-state index >= 15 is 0 Å². The van der Waals surface area contributed by atoms with Crippen LogP contribution in [0.5, 0.6) is 5.75 Å². The van der Waals surface area contributed by atoms with Crippen molar-refractivity contribution in [1.29, 1.82) is 0 Å². The van der Waals surface area contributed by atoms with Gasteiger partial charge < -0.3 is 14.5 Å². The average molecular weight is 345 g/mol. The maximum atomic E-state index is 12.8. The normalized spacial score (nSPS) is 21.4. The minimum absolute atomic E-state index is 0.116. The summed E-state index contributed by atoms with van der Waals surface area (Å²) < 4.78 is 5.22. The molecule has 1 atom stereocenters. The summed E-state index contributed by atoms with van der Waals surface area (Å²) in [6.07, 6.45) is 2.05. The van der Waals surface area contributed by atoms with Gasteiger partial charge in [-0.25, -0.2) is 0 Å². The van der Waals surface area contributed by atoms with Crippen molar-refractivity contribution in [1.82, 2.24) is 14.7 Å². The molecule has 6 heteroatoms. The second kappa shape index (κ2) is 7.87. The Balaban J connectivity index is 1.58. The van der Waals surface area contributed by atoms with Gasteiger partial charge in [-0.05, 0) is 30.5 Å². The zero-order chi connectivity index (χ0) is 17.8. The van der Waals surface area contributed by atoms with E-state index in [1.54, 1.807) is 14.0 Å². The second-order valence-corrected chi connectivity index (χ2v) is 6.80. The fourth-order valence-electron chi connectivity index (χ4n) is 3.74. The Bertz CT molecular complexity index is 609. The highest BCUT2D eigenvalue weighted by atomic mass is 16.5. The molecular weight excluding hydrogens is 318 g/mol. The Morgan fingerprint density at radius 3 is 2.36 bits per heavy atom. The van der Waals surface area contributed by atoms with Gasteiger partial charge in [-0.2, -0.15) is 0 Å². The van der Waals surface area contributed by atoms with Gasteiger partial charge in [0.05, 0.1) is 19.7 Å². The van der Waals surface area contributed by atoms with Crippen molar-refractivity contribution >= 4 is 11.8 Å². The highest BCUT2D eigenvalue weighted by Crippen LogP contribution is 2.32. The van der Waals surface area contributed by atoms with Crippen LogP contribution < -0.4 is 4.74 Å². The molecule has 1 aromatic rings. The first-order valence-electron chi connectivity index (χ1n) is 9.00. The standard InChI is InChI=1S/C19H27N3O3/c1-15(23)21-12-10-20(11-13-21)14-19(24)22-9-3-4-18(22)16-5-7-17(25-2)8-6-16/h5-8,18H,3-4,9-14H2,1-2H3/t18-/m1/s1. The lowest BCUT2D eigenvalue weighted by atomic mass is 10.0. The number of carbonyl (C=O) groups excluding carboxylic acids is 2. The molecule has 3 rings (SSSR count). The summed E-state index contributed by atoms with van der Waals surface area (Å²) in [5, 5.41) is 0. The molecule has 2 amide bonds. The molecule has 2 aliphatic rings. The van der Waals surface area contributed by atoms with Crippen LogP contribution in [0.3, 0.4) is 0 Å². The smallest absolute Gasteiger partial charge is 0.237 e. The molecule has 2 fully saturated rings. The summed E-state index contributed by atoms with van der Waals surface area (Å²) in [7, 11) is 1.66. The van der Waals surface area contributed by atoms with Crippen molar-refractivity contribution < 1.29 is 14.3 Å². The maximum absolute atomic E-state index is 12.8. The van der Waals surface area contributed by atoms with Crippen LogP contribution in [0, 0.1) is 0 Å². The molecule has 1 aromatic carbocycles. The largest absolute Gasteiger partial charge is 0.497 e. The van der Waals surface area contributed by atoms with Gasteiger partial charge >= 0.3 is 0 Å². The lowest BCUT2D eigenvalue weighted by Gasteiger charge is -2.35. The Kier molecular flexibility index (Phi) is 5.58. The van der Waals surface area contributed by atoms with Gasteiger partial charge in [-0.15, -0.1) is 0 Å². The third-order valence-electron chi connectivity index (χ3n) is 5.25. The van der Waals surface area contributed by atoms with E-state index < -0.39 is 0 Å². The van der Waals surface area contributed by atoms with Crippen molar-refractivity contribution in [3.8, 4) is 5.75 Å². The number of likely N-dealkylation sites (tertiary alicyclic amines) is 1. The van der Waals surface area contributed by atoms with Crippen LogP contribution in [0.1, 0.15) is 31.4 Å². The zero-order valence-corrected chi connectivity index (χ0v) is 15.1. The minimum Gasteiger partial charge on any atom is -0.497 e. The number of ether oxygens (including phenoxy) is 1. The number of hydrogen-bond donors (Lipinski definition) is 0. The number of piperazine rings is 1. The van der Waals surface area contributed by atoms with Gasteiger partial charge in [0.1, 0.15) is 5.75 Å². The molecule has 0 spiro atoms. The van der Waals surface area contributed by atoms with E-state index in [4.69, 9.17) is 4.74 Å². The van der Waals surface area contributed by atoms with Gasteiger partial charge in [0.25, 0.3) is 0 Å². The fraction of sp³-hybridized carbons (Fsp3) is 0.579. The maximum Gasteiger partial charge on any atom is 0.237 e. The molecule has 25 heavy (non-hydrogen) atoms. The molecular formula is C19H27N3O3. The molecule has 0 N–H and O–H groups in total. The molecule has 6 nitrogen and oxygen atoms in total. The van der Waals surface area contributed by atoms with E-state index in [2.05, 4.69) is 17.0 Å². The highest BCUT2D eigenvalue weighted by Gasteiger charge is 2.31. The van der Waals surface area contributed by atoms with E-state index in [9.17, 15) is 9.59 Å². The Hall–Kier alpha value is -2.08. The summed E-state index contributed by atoms with van der Waals surface area (Å²) in [4.78, 5) is 30.2. The third kappa shape index (κ3) is 4.12. The van der Waals surface area contributed by atoms with E-state index in [-0.39, 0.29) is 17.9 Å². The van der Waals surface area contributed by atoms with Crippen LogP contribution in [0.4, 0.5) is 0 Å². The Labute approximate surface area is 149 Å². The number of carbonyl (C=O) groups is 2. The quantitative estimate of drug-likeness (QED) is 0.830. The van der Waals surface area contributed by atoms with Crippen LogP contribution in [0.25, 0.3) is 0 Å². The van der Waals surface area contributed by atoms with Crippen LogP contribution in [0.2, 0.25) is 0 Å². The number of amides is 2. The predicted molar refractivity (Wildman–Crippen MR) is 95.4 cm³/mol. The molecule has 0 unspecified atom stereocenters. The first-order valence-corrected chi connectivity index (χ1v) is 9.00. The van der Waals surface area contributed by atoms with E-state index in [0.29, 0.717) is 19.6 Å². The predicted octanol–water partition coefficient (Wildman–Crippen LogP) is 1.52. The number of methoxy groups -OCH3 is 1. The van der Waals surface area contributed by atoms with Crippen LogP contribution >= 0.6 is 0 Å². The van der Waals surface area contributed by atoms with Crippen molar-refractivity contribution in [3.63, 3.8) is 0 Å². The van der Waals surface area contributed by atoms with Crippen molar-refractivity contribution in [2.24, 2.45) is 0 Å². The lowest BCUT2D eigenvalue weighted by molar-refractivity contribution is -0.134. The second-order valence-electron chi connectivity index (χ2n) is 6.80. The van der Waals surface area contributed by atoms with Gasteiger partial charge in [-0.1, -0.05) is 12.1 Å². The van der Waals surface area contributed by atoms with Gasteiger partial charge in [0.2, 0.25) is 11.8 Å². The summed E-state index contributed by atoms with van der Waals surface area (Å²) in [5.74, 6) is 1.14. The summed E-state index contributed by atoms with van der Waals surface area (Å²) >= 11 is 0. The number of rotatable bonds is 4. The molecule has 136 valence electrons. The minimum atomic E-state index is 0.116. The van der Waals surface area contributed by atoms with Crippen LogP contribution in [-0.2, 0) is 9.59 Å². The van der Waals surface area contributed by atoms with E-state index in [0.717, 1.165) is 38.2 Å². The molecule has 0 radical (unpaired) electrons. The first-order chi connectivity index (χ1) is 12.1. The fourth-order valence-corrected chi connectivity index (χ4v) is 3.74. The van der Waals surface area contributed by atoms with E-state index in [1.165, 1.54) is 5.56 Å². The lowest BCUT2D eigenvalue weighted by Crippen LogP contribution is -2.51. The molecule has 0 bridgehead atoms. The number of hydrogen-bond acceptors (Lipinski definition) is 4. The summed E-state index contributed by atoms with van der Waals surface area (Å²) in [5.41, 5.74) is 1.17.